The van der Waals surface area contributed by atoms with Gasteiger partial charge in [0.2, 0.25) is 0 Å². The first kappa shape index (κ1) is 13.5. The maximum Gasteiger partial charge on any atom is 0.274 e. The molecule has 0 unspecified atom stereocenters. The van der Waals surface area contributed by atoms with Gasteiger partial charge in [0.05, 0.1) is 17.9 Å². The van der Waals surface area contributed by atoms with E-state index in [-0.39, 0.29) is 23.2 Å². The molecular formula is C15H16N4O2. The fraction of sp³-hybridized carbons (Fsp3) is 0.333. The molecule has 0 bridgehead atoms. The predicted octanol–water partition coefficient (Wildman–Crippen LogP) is 1.53. The molecule has 1 saturated heterocycles. The Labute approximate surface area is 121 Å². The third-order valence-electron chi connectivity index (χ3n) is 3.68. The molecule has 21 heavy (non-hydrogen) atoms. The van der Waals surface area contributed by atoms with Crippen molar-refractivity contribution in [1.82, 2.24) is 19.9 Å². The van der Waals surface area contributed by atoms with Gasteiger partial charge in [-0.2, -0.15) is 0 Å². The summed E-state index contributed by atoms with van der Waals surface area (Å²) in [4.78, 5) is 36.3. The van der Waals surface area contributed by atoms with Crippen molar-refractivity contribution in [3.8, 4) is 0 Å². The van der Waals surface area contributed by atoms with E-state index in [1.807, 2.05) is 18.2 Å². The molecule has 2 aromatic heterocycles. The van der Waals surface area contributed by atoms with Gasteiger partial charge in [-0.25, -0.2) is 4.98 Å². The van der Waals surface area contributed by atoms with Gasteiger partial charge in [0.15, 0.2) is 0 Å². The van der Waals surface area contributed by atoms with Crippen LogP contribution in [0.25, 0.3) is 0 Å². The smallest absolute Gasteiger partial charge is 0.274 e. The number of hydrogen-bond acceptors (Lipinski definition) is 4. The highest BCUT2D eigenvalue weighted by Crippen LogP contribution is 2.30. The predicted molar refractivity (Wildman–Crippen MR) is 76.7 cm³/mol. The lowest BCUT2D eigenvalue weighted by atomic mass is 9.98. The fourth-order valence-electron chi connectivity index (χ4n) is 2.66. The molecular weight excluding hydrogens is 268 g/mol. The number of H-pyrrole nitrogens is 1. The lowest BCUT2D eigenvalue weighted by molar-refractivity contribution is 0.0599. The van der Waals surface area contributed by atoms with E-state index in [0.717, 1.165) is 31.2 Å². The summed E-state index contributed by atoms with van der Waals surface area (Å²) in [6.07, 6.45) is 7.18. The molecule has 1 aliphatic heterocycles. The summed E-state index contributed by atoms with van der Waals surface area (Å²) in [6, 6.07) is 5.71. The van der Waals surface area contributed by atoms with Crippen molar-refractivity contribution >= 4 is 5.91 Å². The number of pyridine rings is 1. The van der Waals surface area contributed by atoms with E-state index in [0.29, 0.717) is 6.54 Å². The maximum absolute atomic E-state index is 12.6. The van der Waals surface area contributed by atoms with Crippen LogP contribution in [0.2, 0.25) is 0 Å². The van der Waals surface area contributed by atoms with Crippen LogP contribution in [-0.4, -0.2) is 32.3 Å². The van der Waals surface area contributed by atoms with Crippen molar-refractivity contribution in [1.29, 1.82) is 0 Å². The topological polar surface area (TPSA) is 79.0 Å². The largest absolute Gasteiger partial charge is 0.329 e. The van der Waals surface area contributed by atoms with Crippen molar-refractivity contribution in [2.75, 3.05) is 6.54 Å². The number of likely N-dealkylation sites (tertiary alicyclic amines) is 1. The van der Waals surface area contributed by atoms with E-state index in [1.54, 1.807) is 11.1 Å². The number of nitrogens with zero attached hydrogens (tertiary/aromatic N) is 3. The minimum Gasteiger partial charge on any atom is -0.329 e. The van der Waals surface area contributed by atoms with Gasteiger partial charge in [0, 0.05) is 18.9 Å². The SMILES string of the molecule is O=C(c1c[nH]c(=O)cn1)N1CCCC[C@H]1c1ccccn1. The molecule has 1 amide bonds. The van der Waals surface area contributed by atoms with E-state index >= 15 is 0 Å². The third kappa shape index (κ3) is 2.84. The second kappa shape index (κ2) is 5.87. The molecule has 0 radical (unpaired) electrons. The molecule has 2 aromatic rings. The standard InChI is InChI=1S/C15H16N4O2/c20-14-10-17-12(9-18-14)15(21)19-8-4-2-6-13(19)11-5-1-3-7-16-11/h1,3,5,7,9-10,13H,2,4,6,8H2,(H,18,20)/t13-/m0/s1. The third-order valence-corrected chi connectivity index (χ3v) is 3.68. The average Bonchev–Trinajstić information content (AvgIpc) is 2.56. The van der Waals surface area contributed by atoms with Crippen LogP contribution < -0.4 is 5.56 Å². The highest BCUT2D eigenvalue weighted by Gasteiger charge is 2.30. The van der Waals surface area contributed by atoms with Crippen molar-refractivity contribution in [3.05, 3.63) is 58.5 Å². The number of hydrogen-bond donors (Lipinski definition) is 1. The molecule has 0 saturated carbocycles. The number of rotatable bonds is 2. The van der Waals surface area contributed by atoms with Crippen LogP contribution in [0.5, 0.6) is 0 Å². The second-order valence-corrected chi connectivity index (χ2v) is 5.06. The lowest BCUT2D eigenvalue weighted by Crippen LogP contribution is -2.39. The molecule has 1 atom stereocenters. The Morgan fingerprint density at radius 1 is 1.29 bits per heavy atom. The minimum absolute atomic E-state index is 0.0267. The van der Waals surface area contributed by atoms with Gasteiger partial charge < -0.3 is 9.88 Å². The summed E-state index contributed by atoms with van der Waals surface area (Å²) in [5.41, 5.74) is 0.846. The first-order valence-corrected chi connectivity index (χ1v) is 7.02. The Balaban J connectivity index is 1.89. The lowest BCUT2D eigenvalue weighted by Gasteiger charge is -2.35. The summed E-state index contributed by atoms with van der Waals surface area (Å²) in [5.74, 6) is -0.165. The quantitative estimate of drug-likeness (QED) is 0.907. The van der Waals surface area contributed by atoms with Gasteiger partial charge in [-0.05, 0) is 31.4 Å². The van der Waals surface area contributed by atoms with Crippen molar-refractivity contribution in [2.45, 2.75) is 25.3 Å². The van der Waals surface area contributed by atoms with Gasteiger partial charge >= 0.3 is 0 Å². The monoisotopic (exact) mass is 284 g/mol. The summed E-state index contributed by atoms with van der Waals surface area (Å²) < 4.78 is 0. The minimum atomic E-state index is -0.313. The first-order valence-electron chi connectivity index (χ1n) is 7.02. The number of amides is 1. The number of carbonyl (C=O) groups is 1. The average molecular weight is 284 g/mol. The highest BCUT2D eigenvalue weighted by atomic mass is 16.2. The normalized spacial score (nSPS) is 18.5. The first-order chi connectivity index (χ1) is 10.3. The molecule has 6 nitrogen and oxygen atoms in total. The molecule has 3 heterocycles. The van der Waals surface area contributed by atoms with E-state index < -0.39 is 0 Å². The van der Waals surface area contributed by atoms with E-state index in [1.165, 1.54) is 6.20 Å². The zero-order chi connectivity index (χ0) is 14.7. The molecule has 0 spiro atoms. The van der Waals surface area contributed by atoms with Gasteiger partial charge in [-0.1, -0.05) is 6.07 Å². The van der Waals surface area contributed by atoms with Gasteiger partial charge in [0.25, 0.3) is 11.5 Å². The van der Waals surface area contributed by atoms with E-state index in [9.17, 15) is 9.59 Å². The molecule has 3 rings (SSSR count). The van der Waals surface area contributed by atoms with Crippen molar-refractivity contribution in [2.24, 2.45) is 0 Å². The Morgan fingerprint density at radius 3 is 2.90 bits per heavy atom. The number of piperidine rings is 1. The van der Waals surface area contributed by atoms with Crippen LogP contribution in [0.15, 0.2) is 41.6 Å². The Kier molecular flexibility index (Phi) is 3.77. The molecule has 6 heteroatoms. The highest BCUT2D eigenvalue weighted by molar-refractivity contribution is 5.92. The van der Waals surface area contributed by atoms with Crippen LogP contribution in [0.1, 0.15) is 41.5 Å². The number of aromatic nitrogens is 3. The zero-order valence-corrected chi connectivity index (χ0v) is 11.5. The van der Waals surface area contributed by atoms with Gasteiger partial charge in [-0.15, -0.1) is 0 Å². The van der Waals surface area contributed by atoms with Crippen LogP contribution in [-0.2, 0) is 0 Å². The summed E-state index contributed by atoms with van der Waals surface area (Å²) in [7, 11) is 0. The van der Waals surface area contributed by atoms with Crippen LogP contribution >= 0.6 is 0 Å². The van der Waals surface area contributed by atoms with E-state index in [2.05, 4.69) is 15.0 Å². The summed E-state index contributed by atoms with van der Waals surface area (Å²) in [5, 5.41) is 0. The Morgan fingerprint density at radius 2 is 2.19 bits per heavy atom. The van der Waals surface area contributed by atoms with Gasteiger partial charge in [-0.3, -0.25) is 14.6 Å². The number of nitrogens with one attached hydrogen (secondary N) is 1. The summed E-state index contributed by atoms with van der Waals surface area (Å²) >= 11 is 0. The van der Waals surface area contributed by atoms with Crippen LogP contribution in [0.3, 0.4) is 0 Å². The second-order valence-electron chi connectivity index (χ2n) is 5.06. The molecule has 0 aromatic carbocycles. The molecule has 108 valence electrons. The summed E-state index contributed by atoms with van der Waals surface area (Å²) in [6.45, 7) is 0.681. The fourth-order valence-corrected chi connectivity index (χ4v) is 2.66. The molecule has 1 fully saturated rings. The number of carbonyl (C=O) groups excluding carboxylic acids is 1. The van der Waals surface area contributed by atoms with Crippen molar-refractivity contribution < 1.29 is 4.79 Å². The number of aromatic amines is 1. The van der Waals surface area contributed by atoms with E-state index in [4.69, 9.17) is 0 Å². The van der Waals surface area contributed by atoms with Crippen molar-refractivity contribution in [3.63, 3.8) is 0 Å². The Hall–Kier alpha value is -2.50. The molecule has 1 N–H and O–H groups in total. The van der Waals surface area contributed by atoms with Crippen LogP contribution in [0, 0.1) is 0 Å². The molecule has 0 aliphatic carbocycles. The van der Waals surface area contributed by atoms with Gasteiger partial charge in [0.1, 0.15) is 5.69 Å². The van der Waals surface area contributed by atoms with Crippen LogP contribution in [0.4, 0.5) is 0 Å². The Bertz CT molecular complexity index is 663. The maximum atomic E-state index is 12.6. The molecule has 1 aliphatic rings. The zero-order valence-electron chi connectivity index (χ0n) is 11.5.